The Bertz CT molecular complexity index is 926. The van der Waals surface area contributed by atoms with Crippen molar-refractivity contribution in [3.63, 3.8) is 0 Å². The molecule has 1 atom stereocenters. The van der Waals surface area contributed by atoms with Crippen molar-refractivity contribution in [2.24, 2.45) is 0 Å². The first-order valence-corrected chi connectivity index (χ1v) is 12.4. The van der Waals surface area contributed by atoms with Gasteiger partial charge >= 0.3 is 12.1 Å². The lowest BCUT2D eigenvalue weighted by atomic mass is 9.74. The maximum Gasteiger partial charge on any atom is 0.410 e. The number of ether oxygens (including phenoxy) is 2. The molecule has 1 aromatic carbocycles. The molecular formula is C25H37FN4O4. The average Bonchev–Trinajstić information content (AvgIpc) is 3.46. The van der Waals surface area contributed by atoms with Crippen LogP contribution in [0.15, 0.2) is 18.2 Å². The molecular weight excluding hydrogens is 439 g/mol. The molecule has 4 aliphatic rings. The van der Waals surface area contributed by atoms with Crippen LogP contribution in [-0.4, -0.2) is 99.0 Å². The summed E-state index contributed by atoms with van der Waals surface area (Å²) in [5.74, 6) is -0.247. The van der Waals surface area contributed by atoms with E-state index in [1.54, 1.807) is 31.1 Å². The van der Waals surface area contributed by atoms with Gasteiger partial charge < -0.3 is 24.2 Å². The summed E-state index contributed by atoms with van der Waals surface area (Å²) >= 11 is 0. The Labute approximate surface area is 202 Å². The van der Waals surface area contributed by atoms with Crippen LogP contribution in [0.1, 0.15) is 39.1 Å². The number of halogens is 1. The highest BCUT2D eigenvalue weighted by Gasteiger charge is 2.47. The Morgan fingerprint density at radius 1 is 1.15 bits per heavy atom. The number of fused-ring (bicyclic) bond motifs is 2. The van der Waals surface area contributed by atoms with Crippen molar-refractivity contribution in [2.75, 3.05) is 64.9 Å². The maximum atomic E-state index is 14.2. The van der Waals surface area contributed by atoms with E-state index in [2.05, 4.69) is 4.90 Å². The molecule has 4 aliphatic heterocycles. The standard InChI is InChI=1S/C25H35FN4O4.H2/c1-27(2)23(31)30-17-25(21-15-18(26)3-4-22(21)30)8-12-28(13-9-25)19-5-10-29(11-6-19)24(32)34-20-7-14-33-16-20;/h3-4,15,19-20H,5-14,16-17H2,1-2H3;1H/t20-;/m0./s1. The molecule has 0 aromatic heterocycles. The molecule has 3 saturated heterocycles. The number of amides is 3. The summed E-state index contributed by atoms with van der Waals surface area (Å²) in [6.07, 6.45) is 4.10. The summed E-state index contributed by atoms with van der Waals surface area (Å²) in [6, 6.07) is 5.20. The van der Waals surface area contributed by atoms with Gasteiger partial charge in [-0.05, 0) is 62.5 Å². The molecule has 5 rings (SSSR count). The number of hydrogen-bond acceptors (Lipinski definition) is 5. The van der Waals surface area contributed by atoms with Crippen molar-refractivity contribution in [2.45, 2.75) is 49.7 Å². The van der Waals surface area contributed by atoms with Crippen LogP contribution in [0, 0.1) is 5.82 Å². The summed E-state index contributed by atoms with van der Waals surface area (Å²) in [4.78, 5) is 33.0. The summed E-state index contributed by atoms with van der Waals surface area (Å²) in [6.45, 7) is 5.00. The van der Waals surface area contributed by atoms with Gasteiger partial charge in [0.1, 0.15) is 11.9 Å². The minimum absolute atomic E-state index is 0. The number of urea groups is 1. The van der Waals surface area contributed by atoms with Crippen molar-refractivity contribution in [3.05, 3.63) is 29.6 Å². The van der Waals surface area contributed by atoms with Gasteiger partial charge in [0.2, 0.25) is 0 Å². The van der Waals surface area contributed by atoms with Crippen LogP contribution in [0.5, 0.6) is 0 Å². The lowest BCUT2D eigenvalue weighted by Gasteiger charge is -2.45. The Balaban J connectivity index is 0.00000289. The monoisotopic (exact) mass is 476 g/mol. The van der Waals surface area contributed by atoms with Crippen molar-refractivity contribution >= 4 is 17.8 Å². The number of hydrogen-bond donors (Lipinski definition) is 0. The molecule has 9 heteroatoms. The van der Waals surface area contributed by atoms with Gasteiger partial charge in [-0.15, -0.1) is 0 Å². The van der Waals surface area contributed by atoms with Crippen LogP contribution in [0.4, 0.5) is 19.7 Å². The van der Waals surface area contributed by atoms with E-state index in [0.29, 0.717) is 38.9 Å². The van der Waals surface area contributed by atoms with E-state index in [9.17, 15) is 14.0 Å². The lowest BCUT2D eigenvalue weighted by Crippen LogP contribution is -2.53. The first-order valence-electron chi connectivity index (χ1n) is 12.4. The smallest absolute Gasteiger partial charge is 0.410 e. The Morgan fingerprint density at radius 3 is 2.53 bits per heavy atom. The second-order valence-corrected chi connectivity index (χ2v) is 10.3. The molecule has 34 heavy (non-hydrogen) atoms. The minimum Gasteiger partial charge on any atom is -0.444 e. The number of piperidine rings is 2. The molecule has 1 aromatic rings. The van der Waals surface area contributed by atoms with Gasteiger partial charge in [-0.2, -0.15) is 0 Å². The predicted molar refractivity (Wildman–Crippen MR) is 128 cm³/mol. The lowest BCUT2D eigenvalue weighted by molar-refractivity contribution is 0.0336. The zero-order chi connectivity index (χ0) is 23.9. The number of anilines is 1. The fourth-order valence-corrected chi connectivity index (χ4v) is 6.03. The number of nitrogens with zero attached hydrogens (tertiary/aromatic N) is 4. The number of benzene rings is 1. The van der Waals surface area contributed by atoms with E-state index in [0.717, 1.165) is 56.4 Å². The molecule has 0 saturated carbocycles. The number of rotatable bonds is 2. The topological polar surface area (TPSA) is 65.6 Å². The largest absolute Gasteiger partial charge is 0.444 e. The van der Waals surface area contributed by atoms with Crippen molar-refractivity contribution in [3.8, 4) is 0 Å². The van der Waals surface area contributed by atoms with Crippen LogP contribution in [0.25, 0.3) is 0 Å². The van der Waals surface area contributed by atoms with E-state index >= 15 is 0 Å². The Morgan fingerprint density at radius 2 is 1.88 bits per heavy atom. The highest BCUT2D eigenvalue weighted by Crippen LogP contribution is 2.48. The van der Waals surface area contributed by atoms with E-state index in [1.165, 1.54) is 6.07 Å². The van der Waals surface area contributed by atoms with E-state index in [-0.39, 0.29) is 30.9 Å². The van der Waals surface area contributed by atoms with Crippen molar-refractivity contribution in [1.82, 2.24) is 14.7 Å². The third-order valence-electron chi connectivity index (χ3n) is 8.04. The predicted octanol–water partition coefficient (Wildman–Crippen LogP) is 3.30. The first-order chi connectivity index (χ1) is 16.4. The molecule has 0 N–H and O–H groups in total. The molecule has 0 radical (unpaired) electrons. The van der Waals surface area contributed by atoms with Gasteiger partial charge in [0.25, 0.3) is 0 Å². The molecule has 4 heterocycles. The van der Waals surface area contributed by atoms with Gasteiger partial charge in [0.15, 0.2) is 0 Å². The Hall–Kier alpha value is -2.39. The summed E-state index contributed by atoms with van der Waals surface area (Å²) < 4.78 is 25.1. The van der Waals surface area contributed by atoms with E-state index < -0.39 is 0 Å². The highest BCUT2D eigenvalue weighted by atomic mass is 19.1. The van der Waals surface area contributed by atoms with Crippen LogP contribution >= 0.6 is 0 Å². The van der Waals surface area contributed by atoms with Crippen LogP contribution in [-0.2, 0) is 14.9 Å². The molecule has 0 unspecified atom stereocenters. The van der Waals surface area contributed by atoms with Gasteiger partial charge in [-0.3, -0.25) is 4.90 Å². The van der Waals surface area contributed by atoms with Gasteiger partial charge in [0, 0.05) is 58.7 Å². The maximum absolute atomic E-state index is 14.2. The molecule has 188 valence electrons. The summed E-state index contributed by atoms with van der Waals surface area (Å²) in [7, 11) is 3.51. The van der Waals surface area contributed by atoms with Gasteiger partial charge in [0.05, 0.1) is 13.2 Å². The zero-order valence-electron chi connectivity index (χ0n) is 20.2. The van der Waals surface area contributed by atoms with E-state index in [4.69, 9.17) is 9.47 Å². The number of carbonyl (C=O) groups excluding carboxylic acids is 2. The van der Waals surface area contributed by atoms with Crippen molar-refractivity contribution < 1.29 is 24.9 Å². The van der Waals surface area contributed by atoms with Crippen molar-refractivity contribution in [1.29, 1.82) is 0 Å². The van der Waals surface area contributed by atoms with Crippen LogP contribution in [0.3, 0.4) is 0 Å². The molecule has 3 fully saturated rings. The summed E-state index contributed by atoms with van der Waals surface area (Å²) in [5, 5.41) is 0. The fourth-order valence-electron chi connectivity index (χ4n) is 6.03. The average molecular weight is 477 g/mol. The molecule has 1 spiro atoms. The number of carbonyl (C=O) groups is 2. The SMILES string of the molecule is CN(C)C(=O)N1CC2(CCN(C3CCN(C(=O)O[C@H]4CCOC4)CC3)CC2)c2cc(F)ccc21.[HH]. The summed E-state index contributed by atoms with van der Waals surface area (Å²) in [5.41, 5.74) is 1.61. The van der Waals surface area contributed by atoms with Gasteiger partial charge in [-0.1, -0.05) is 0 Å². The molecule has 0 aliphatic carbocycles. The van der Waals surface area contributed by atoms with Crippen LogP contribution in [0.2, 0.25) is 0 Å². The zero-order valence-corrected chi connectivity index (χ0v) is 20.2. The van der Waals surface area contributed by atoms with Crippen LogP contribution < -0.4 is 4.90 Å². The fraction of sp³-hybridized carbons (Fsp3) is 0.680. The molecule has 3 amide bonds. The molecule has 0 bridgehead atoms. The third kappa shape index (κ3) is 4.35. The first kappa shape index (κ1) is 23.4. The Kier molecular flexibility index (Phi) is 6.41. The minimum atomic E-state index is -0.247. The second-order valence-electron chi connectivity index (χ2n) is 10.3. The van der Waals surface area contributed by atoms with E-state index in [1.807, 2.05) is 9.80 Å². The third-order valence-corrected chi connectivity index (χ3v) is 8.04. The number of likely N-dealkylation sites (tertiary alicyclic amines) is 2. The normalized spacial score (nSPS) is 25.0. The quantitative estimate of drug-likeness (QED) is 0.655. The molecule has 8 nitrogen and oxygen atoms in total. The van der Waals surface area contributed by atoms with Gasteiger partial charge in [-0.25, -0.2) is 14.0 Å². The second kappa shape index (κ2) is 9.34. The highest BCUT2D eigenvalue weighted by molar-refractivity contribution is 5.95.